The molecule has 2 N–H and O–H groups in total. The van der Waals surface area contributed by atoms with E-state index < -0.39 is 11.2 Å². The van der Waals surface area contributed by atoms with Crippen LogP contribution in [0.25, 0.3) is 5.69 Å². The van der Waals surface area contributed by atoms with E-state index in [0.29, 0.717) is 5.69 Å². The number of aromatic hydroxyl groups is 1. The molecule has 5 heteroatoms. The summed E-state index contributed by atoms with van der Waals surface area (Å²) in [6, 6.07) is 16.5. The van der Waals surface area contributed by atoms with Crippen LogP contribution in [0.4, 0.5) is 0 Å². The van der Waals surface area contributed by atoms with Crippen LogP contribution in [-0.4, -0.2) is 14.7 Å². The topological polar surface area (TPSA) is 75.1 Å². The summed E-state index contributed by atoms with van der Waals surface area (Å²) in [4.78, 5) is 26.6. The number of aryl methyl sites for hydroxylation is 1. The third-order valence-corrected chi connectivity index (χ3v) is 3.76. The van der Waals surface area contributed by atoms with Gasteiger partial charge in [-0.2, -0.15) is 0 Å². The number of benzene rings is 2. The summed E-state index contributed by atoms with van der Waals surface area (Å²) in [6.45, 7) is 1.84. The lowest BCUT2D eigenvalue weighted by Gasteiger charge is -2.13. The Morgan fingerprint density at radius 1 is 1.00 bits per heavy atom. The molecule has 0 saturated heterocycles. The summed E-state index contributed by atoms with van der Waals surface area (Å²) in [5.41, 5.74) is 1.19. The van der Waals surface area contributed by atoms with E-state index in [0.717, 1.165) is 15.7 Å². The first kappa shape index (κ1) is 14.8. The zero-order valence-corrected chi connectivity index (χ0v) is 12.6. The van der Waals surface area contributed by atoms with Crippen molar-refractivity contribution in [3.63, 3.8) is 0 Å². The van der Waals surface area contributed by atoms with E-state index in [4.69, 9.17) is 0 Å². The molecule has 3 aromatic rings. The van der Waals surface area contributed by atoms with Crippen LogP contribution in [0, 0.1) is 6.92 Å². The van der Waals surface area contributed by atoms with Gasteiger partial charge in [0.1, 0.15) is 0 Å². The smallest absolute Gasteiger partial charge is 0.335 e. The maximum atomic E-state index is 12.2. The number of nitrogens with zero attached hydrogens (tertiary/aromatic N) is 1. The second-order valence-corrected chi connectivity index (χ2v) is 5.35. The summed E-state index contributed by atoms with van der Waals surface area (Å²) in [5.74, 6) is -0.322. The molecule has 0 fully saturated rings. The molecule has 0 amide bonds. The molecule has 3 rings (SSSR count). The quantitative estimate of drug-likeness (QED) is 0.778. The van der Waals surface area contributed by atoms with Crippen LogP contribution in [0.2, 0.25) is 0 Å². The Morgan fingerprint density at radius 3 is 2.35 bits per heavy atom. The van der Waals surface area contributed by atoms with Crippen molar-refractivity contribution in [1.29, 1.82) is 0 Å². The molecule has 1 heterocycles. The molecule has 23 heavy (non-hydrogen) atoms. The van der Waals surface area contributed by atoms with Gasteiger partial charge in [0.05, 0.1) is 11.3 Å². The molecule has 1 aromatic heterocycles. The minimum atomic E-state index is -0.654. The van der Waals surface area contributed by atoms with Gasteiger partial charge in [0.2, 0.25) is 5.88 Å². The Kier molecular flexibility index (Phi) is 3.85. The molecule has 0 aliphatic rings. The third-order valence-electron chi connectivity index (χ3n) is 3.76. The molecule has 0 spiro atoms. The number of rotatable bonds is 3. The number of H-pyrrole nitrogens is 1. The lowest BCUT2D eigenvalue weighted by molar-refractivity contribution is 0.424. The lowest BCUT2D eigenvalue weighted by Crippen LogP contribution is -2.31. The zero-order chi connectivity index (χ0) is 16.4. The van der Waals surface area contributed by atoms with E-state index in [1.165, 1.54) is 0 Å². The second kappa shape index (κ2) is 5.96. The Morgan fingerprint density at radius 2 is 1.65 bits per heavy atom. The fraction of sp³-hybridized carbons (Fsp3) is 0.111. The number of aromatic nitrogens is 2. The molecular weight excluding hydrogens is 292 g/mol. The van der Waals surface area contributed by atoms with Gasteiger partial charge in [0.25, 0.3) is 5.56 Å². The van der Waals surface area contributed by atoms with Crippen LogP contribution in [0.5, 0.6) is 5.88 Å². The highest BCUT2D eigenvalue weighted by molar-refractivity contribution is 5.44. The van der Waals surface area contributed by atoms with Gasteiger partial charge in [0, 0.05) is 6.42 Å². The number of para-hydroxylation sites is 1. The first-order valence-electron chi connectivity index (χ1n) is 7.25. The molecule has 0 saturated carbocycles. The van der Waals surface area contributed by atoms with Crippen molar-refractivity contribution in [3.8, 4) is 11.6 Å². The van der Waals surface area contributed by atoms with Crippen molar-refractivity contribution >= 4 is 0 Å². The summed E-state index contributed by atoms with van der Waals surface area (Å²) in [7, 11) is 0. The van der Waals surface area contributed by atoms with Crippen molar-refractivity contribution in [2.45, 2.75) is 13.3 Å². The summed E-state index contributed by atoms with van der Waals surface area (Å²) in [6.07, 6.45) is 0.244. The molecule has 2 aromatic carbocycles. The SMILES string of the molecule is Cc1ccccc1-n1c(O)c(Cc2ccccc2)c(=O)[nH]c1=O. The normalized spacial score (nSPS) is 10.7. The molecule has 0 bridgehead atoms. The fourth-order valence-electron chi connectivity index (χ4n) is 2.56. The highest BCUT2D eigenvalue weighted by atomic mass is 16.3. The highest BCUT2D eigenvalue weighted by Gasteiger charge is 2.16. The summed E-state index contributed by atoms with van der Waals surface area (Å²) < 4.78 is 1.13. The van der Waals surface area contributed by atoms with Gasteiger partial charge in [-0.15, -0.1) is 0 Å². The molecule has 116 valence electrons. The van der Waals surface area contributed by atoms with Crippen molar-refractivity contribution in [3.05, 3.63) is 92.1 Å². The van der Waals surface area contributed by atoms with Crippen LogP contribution in [-0.2, 0) is 6.42 Å². The standard InChI is InChI=1S/C18H16N2O3/c1-12-7-5-6-10-15(12)20-17(22)14(16(21)19-18(20)23)11-13-8-3-2-4-9-13/h2-10,22H,11H2,1H3,(H,19,21,23). The Labute approximate surface area is 132 Å². The maximum absolute atomic E-state index is 12.2. The third kappa shape index (κ3) is 2.81. The average molecular weight is 308 g/mol. The molecule has 0 aliphatic heterocycles. The number of aromatic amines is 1. The van der Waals surface area contributed by atoms with Gasteiger partial charge in [-0.3, -0.25) is 9.78 Å². The van der Waals surface area contributed by atoms with Crippen LogP contribution < -0.4 is 11.2 Å². The first-order valence-corrected chi connectivity index (χ1v) is 7.25. The van der Waals surface area contributed by atoms with Crippen LogP contribution in [0.1, 0.15) is 16.7 Å². The lowest BCUT2D eigenvalue weighted by atomic mass is 10.1. The minimum Gasteiger partial charge on any atom is -0.494 e. The van der Waals surface area contributed by atoms with Gasteiger partial charge in [-0.05, 0) is 24.1 Å². The maximum Gasteiger partial charge on any atom is 0.335 e. The van der Waals surface area contributed by atoms with Crippen molar-refractivity contribution < 1.29 is 5.11 Å². The largest absolute Gasteiger partial charge is 0.494 e. The van der Waals surface area contributed by atoms with Crippen molar-refractivity contribution in [1.82, 2.24) is 9.55 Å². The van der Waals surface area contributed by atoms with E-state index >= 15 is 0 Å². The van der Waals surface area contributed by atoms with Crippen LogP contribution >= 0.6 is 0 Å². The number of hydrogen-bond donors (Lipinski definition) is 2. The fourth-order valence-corrected chi connectivity index (χ4v) is 2.56. The second-order valence-electron chi connectivity index (χ2n) is 5.35. The molecule has 0 aliphatic carbocycles. The first-order chi connectivity index (χ1) is 11.1. The van der Waals surface area contributed by atoms with Gasteiger partial charge < -0.3 is 5.11 Å². The Hall–Kier alpha value is -3.08. The highest BCUT2D eigenvalue weighted by Crippen LogP contribution is 2.21. The van der Waals surface area contributed by atoms with E-state index in [1.54, 1.807) is 12.1 Å². The zero-order valence-electron chi connectivity index (χ0n) is 12.6. The van der Waals surface area contributed by atoms with Gasteiger partial charge in [0.15, 0.2) is 0 Å². The van der Waals surface area contributed by atoms with Crippen LogP contribution in [0.15, 0.2) is 64.2 Å². The van der Waals surface area contributed by atoms with Crippen molar-refractivity contribution in [2.24, 2.45) is 0 Å². The van der Waals surface area contributed by atoms with E-state index in [1.807, 2.05) is 49.4 Å². The van der Waals surface area contributed by atoms with E-state index in [2.05, 4.69) is 4.98 Å². The average Bonchev–Trinajstić information content (AvgIpc) is 2.54. The molecule has 0 radical (unpaired) electrons. The monoisotopic (exact) mass is 308 g/mol. The minimum absolute atomic E-state index is 0.166. The number of nitrogens with one attached hydrogen (secondary N) is 1. The molecule has 0 atom stereocenters. The summed E-state index contributed by atoms with van der Waals surface area (Å²) >= 11 is 0. The predicted octanol–water partition coefficient (Wildman–Crippen LogP) is 2.13. The molecular formula is C18H16N2O3. The van der Waals surface area contributed by atoms with E-state index in [9.17, 15) is 14.7 Å². The van der Waals surface area contributed by atoms with Gasteiger partial charge >= 0.3 is 5.69 Å². The summed E-state index contributed by atoms with van der Waals surface area (Å²) in [5, 5.41) is 10.5. The van der Waals surface area contributed by atoms with Crippen molar-refractivity contribution in [2.75, 3.05) is 0 Å². The molecule has 5 nitrogen and oxygen atoms in total. The van der Waals surface area contributed by atoms with Gasteiger partial charge in [-0.25, -0.2) is 9.36 Å². The molecule has 0 unspecified atom stereocenters. The van der Waals surface area contributed by atoms with E-state index in [-0.39, 0.29) is 17.9 Å². The van der Waals surface area contributed by atoms with Crippen LogP contribution in [0.3, 0.4) is 0 Å². The van der Waals surface area contributed by atoms with Gasteiger partial charge in [-0.1, -0.05) is 48.5 Å². The predicted molar refractivity (Wildman–Crippen MR) is 88.3 cm³/mol. The Balaban J connectivity index is 2.20. The Bertz CT molecular complexity index is 956. The number of hydrogen-bond acceptors (Lipinski definition) is 3.